The number of ether oxygens (including phenoxy) is 1. The zero-order valence-corrected chi connectivity index (χ0v) is 14.2. The first-order chi connectivity index (χ1) is 9.50. The van der Waals surface area contributed by atoms with E-state index in [9.17, 15) is 4.79 Å². The van der Waals surface area contributed by atoms with Gasteiger partial charge < -0.3 is 4.74 Å². The summed E-state index contributed by atoms with van der Waals surface area (Å²) in [6.45, 7) is 5.99. The molecule has 0 N–H and O–H groups in total. The van der Waals surface area contributed by atoms with Crippen LogP contribution in [0.1, 0.15) is 51.3 Å². The molecule has 0 saturated carbocycles. The van der Waals surface area contributed by atoms with Crippen molar-refractivity contribution in [3.05, 3.63) is 22.4 Å². The summed E-state index contributed by atoms with van der Waals surface area (Å²) in [6, 6.07) is 4.17. The van der Waals surface area contributed by atoms with Gasteiger partial charge in [-0.25, -0.2) is 0 Å². The van der Waals surface area contributed by atoms with Gasteiger partial charge in [-0.05, 0) is 56.1 Å². The normalized spacial score (nSPS) is 24.1. The number of thioether (sulfide) groups is 1. The lowest BCUT2D eigenvalue weighted by Crippen LogP contribution is -2.37. The fraction of sp³-hybridized carbons (Fsp3) is 0.688. The lowest BCUT2D eigenvalue weighted by atomic mass is 9.88. The summed E-state index contributed by atoms with van der Waals surface area (Å²) in [6.07, 6.45) is 3.80. The van der Waals surface area contributed by atoms with Crippen LogP contribution in [0.25, 0.3) is 0 Å². The Balaban J connectivity index is 2.25. The van der Waals surface area contributed by atoms with Gasteiger partial charge in [0.15, 0.2) is 0 Å². The highest BCUT2D eigenvalue weighted by Gasteiger charge is 2.41. The Morgan fingerprint density at radius 3 is 2.85 bits per heavy atom. The molecule has 0 spiro atoms. The van der Waals surface area contributed by atoms with Gasteiger partial charge in [-0.2, -0.15) is 11.8 Å². The zero-order chi connectivity index (χ0) is 14.6. The number of carbonyl (C=O) groups excluding carboxylic acids is 1. The van der Waals surface area contributed by atoms with Crippen molar-refractivity contribution in [3.8, 4) is 0 Å². The van der Waals surface area contributed by atoms with Crippen LogP contribution in [-0.4, -0.2) is 17.5 Å². The van der Waals surface area contributed by atoms with Crippen LogP contribution in [0, 0.1) is 5.41 Å². The number of thiophene rings is 1. The van der Waals surface area contributed by atoms with Crippen LogP contribution in [0.2, 0.25) is 0 Å². The van der Waals surface area contributed by atoms with Gasteiger partial charge in [-0.15, -0.1) is 11.3 Å². The smallest absolute Gasteiger partial charge is 0.312 e. The van der Waals surface area contributed by atoms with E-state index in [0.717, 1.165) is 31.4 Å². The van der Waals surface area contributed by atoms with Crippen molar-refractivity contribution in [2.45, 2.75) is 52.1 Å². The quantitative estimate of drug-likeness (QED) is 0.744. The summed E-state index contributed by atoms with van der Waals surface area (Å²) in [5, 5.41) is 2.08. The van der Waals surface area contributed by atoms with Crippen LogP contribution in [0.4, 0.5) is 0 Å². The molecule has 0 radical (unpaired) electrons. The number of rotatable bonds is 4. The first-order valence-corrected chi connectivity index (χ1v) is 9.39. The summed E-state index contributed by atoms with van der Waals surface area (Å²) in [5.41, 5.74) is -0.787. The molecule has 2 heterocycles. The van der Waals surface area contributed by atoms with Crippen molar-refractivity contribution in [1.29, 1.82) is 0 Å². The molecule has 1 unspecified atom stereocenters. The molecule has 20 heavy (non-hydrogen) atoms. The van der Waals surface area contributed by atoms with Crippen molar-refractivity contribution in [2.75, 3.05) is 11.5 Å². The van der Waals surface area contributed by atoms with E-state index >= 15 is 0 Å². The third kappa shape index (κ3) is 3.40. The third-order valence-electron chi connectivity index (χ3n) is 4.21. The molecule has 1 aliphatic rings. The number of carbonyl (C=O) groups is 1. The van der Waals surface area contributed by atoms with Crippen LogP contribution in [0.5, 0.6) is 0 Å². The van der Waals surface area contributed by atoms with Gasteiger partial charge >= 0.3 is 5.97 Å². The van der Waals surface area contributed by atoms with Gasteiger partial charge in [-0.1, -0.05) is 13.0 Å². The Morgan fingerprint density at radius 1 is 1.40 bits per heavy atom. The van der Waals surface area contributed by atoms with Gasteiger partial charge in [0.05, 0.1) is 5.41 Å². The van der Waals surface area contributed by atoms with Crippen molar-refractivity contribution >= 4 is 29.1 Å². The van der Waals surface area contributed by atoms with E-state index in [2.05, 4.69) is 17.5 Å². The van der Waals surface area contributed by atoms with Gasteiger partial charge in [0, 0.05) is 11.3 Å². The lowest BCUT2D eigenvalue weighted by molar-refractivity contribution is -0.173. The SMILES string of the molecule is CCC(C)(C)C(=O)OC1(c2cccs2)CCCSCC1. The summed E-state index contributed by atoms with van der Waals surface area (Å²) in [7, 11) is 0. The van der Waals surface area contributed by atoms with Crippen molar-refractivity contribution in [1.82, 2.24) is 0 Å². The fourth-order valence-corrected chi connectivity index (χ4v) is 4.27. The predicted molar refractivity (Wildman–Crippen MR) is 87.3 cm³/mol. The summed E-state index contributed by atoms with van der Waals surface area (Å²) >= 11 is 3.68. The molecule has 1 atom stereocenters. The minimum absolute atomic E-state index is 0.0553. The third-order valence-corrected chi connectivity index (χ3v) is 6.34. The van der Waals surface area contributed by atoms with E-state index in [1.54, 1.807) is 11.3 Å². The molecule has 2 rings (SSSR count). The van der Waals surface area contributed by atoms with E-state index < -0.39 is 5.41 Å². The fourth-order valence-electron chi connectivity index (χ4n) is 2.32. The van der Waals surface area contributed by atoms with Crippen molar-refractivity contribution in [3.63, 3.8) is 0 Å². The van der Waals surface area contributed by atoms with Crippen LogP contribution in [-0.2, 0) is 15.1 Å². The Kier molecular flexibility index (Phi) is 5.19. The second-order valence-corrected chi connectivity index (χ2v) is 8.24. The standard InChI is InChI=1S/C16H24O2S2/c1-4-15(2,3)14(17)18-16(13-7-5-11-20-13)8-6-10-19-12-9-16/h5,7,11H,4,6,8-10,12H2,1-3H3. The summed E-state index contributed by atoms with van der Waals surface area (Å²) in [5.74, 6) is 2.18. The molecule has 4 heteroatoms. The first-order valence-electron chi connectivity index (χ1n) is 7.35. The van der Waals surface area contributed by atoms with E-state index in [1.165, 1.54) is 10.6 Å². The molecule has 0 amide bonds. The highest BCUT2D eigenvalue weighted by atomic mass is 32.2. The minimum atomic E-state index is -0.399. The monoisotopic (exact) mass is 312 g/mol. The average molecular weight is 313 g/mol. The second kappa shape index (κ2) is 6.52. The molecule has 2 nitrogen and oxygen atoms in total. The molecule has 1 saturated heterocycles. The summed E-state index contributed by atoms with van der Waals surface area (Å²) < 4.78 is 6.12. The predicted octanol–water partition coefficient (Wildman–Crippen LogP) is 4.84. The number of hydrogen-bond acceptors (Lipinski definition) is 4. The van der Waals surface area contributed by atoms with E-state index in [-0.39, 0.29) is 11.6 Å². The van der Waals surface area contributed by atoms with Crippen LogP contribution in [0.3, 0.4) is 0 Å². The van der Waals surface area contributed by atoms with Crippen LogP contribution < -0.4 is 0 Å². The topological polar surface area (TPSA) is 26.3 Å². The van der Waals surface area contributed by atoms with E-state index in [0.29, 0.717) is 0 Å². The van der Waals surface area contributed by atoms with E-state index in [4.69, 9.17) is 4.74 Å². The van der Waals surface area contributed by atoms with Crippen molar-refractivity contribution < 1.29 is 9.53 Å². The van der Waals surface area contributed by atoms with Gasteiger partial charge in [-0.3, -0.25) is 4.79 Å². The lowest BCUT2D eigenvalue weighted by Gasteiger charge is -2.35. The first kappa shape index (κ1) is 15.9. The Bertz CT molecular complexity index is 429. The van der Waals surface area contributed by atoms with Crippen molar-refractivity contribution in [2.24, 2.45) is 5.41 Å². The number of hydrogen-bond donors (Lipinski definition) is 0. The summed E-state index contributed by atoms with van der Waals surface area (Å²) in [4.78, 5) is 13.8. The maximum Gasteiger partial charge on any atom is 0.312 e. The maximum atomic E-state index is 12.6. The molecule has 112 valence electrons. The highest BCUT2D eigenvalue weighted by molar-refractivity contribution is 7.99. The zero-order valence-electron chi connectivity index (χ0n) is 12.6. The molecule has 0 bridgehead atoms. The largest absolute Gasteiger partial charge is 0.453 e. The second-order valence-electron chi connectivity index (χ2n) is 6.06. The Morgan fingerprint density at radius 2 is 2.20 bits per heavy atom. The molecular weight excluding hydrogens is 288 g/mol. The van der Waals surface area contributed by atoms with Crippen LogP contribution in [0.15, 0.2) is 17.5 Å². The molecule has 1 aromatic rings. The molecule has 1 fully saturated rings. The molecule has 0 aliphatic carbocycles. The molecule has 1 aliphatic heterocycles. The highest BCUT2D eigenvalue weighted by Crippen LogP contribution is 2.42. The van der Waals surface area contributed by atoms with Crippen LogP contribution >= 0.6 is 23.1 Å². The van der Waals surface area contributed by atoms with Gasteiger partial charge in [0.25, 0.3) is 0 Å². The Labute approximate surface area is 130 Å². The molecule has 1 aromatic heterocycles. The Hall–Kier alpha value is -0.480. The maximum absolute atomic E-state index is 12.6. The minimum Gasteiger partial charge on any atom is -0.453 e. The number of esters is 1. The molecule has 0 aromatic carbocycles. The average Bonchev–Trinajstić information content (AvgIpc) is 2.87. The van der Waals surface area contributed by atoms with Gasteiger partial charge in [0.2, 0.25) is 0 Å². The van der Waals surface area contributed by atoms with E-state index in [1.807, 2.05) is 32.5 Å². The van der Waals surface area contributed by atoms with Gasteiger partial charge in [0.1, 0.15) is 5.60 Å². The molecular formula is C16H24O2S2.